The van der Waals surface area contributed by atoms with Crippen molar-refractivity contribution in [3.63, 3.8) is 0 Å². The Labute approximate surface area is 133 Å². The molecule has 0 amide bonds. The number of anilines is 1. The fourth-order valence-electron chi connectivity index (χ4n) is 2.30. The van der Waals surface area contributed by atoms with Crippen LogP contribution in [0.4, 0.5) is 5.69 Å². The van der Waals surface area contributed by atoms with Gasteiger partial charge in [-0.05, 0) is 25.5 Å². The summed E-state index contributed by atoms with van der Waals surface area (Å²) in [6.45, 7) is 4.16. The molecule has 0 aliphatic heterocycles. The highest BCUT2D eigenvalue weighted by Gasteiger charge is 2.15. The molecular formula is C15H18N6O2. The summed E-state index contributed by atoms with van der Waals surface area (Å²) in [5.74, 6) is 0.470. The van der Waals surface area contributed by atoms with Crippen molar-refractivity contribution < 1.29 is 9.84 Å². The summed E-state index contributed by atoms with van der Waals surface area (Å²) >= 11 is 0. The van der Waals surface area contributed by atoms with E-state index in [1.54, 1.807) is 36.2 Å². The van der Waals surface area contributed by atoms with Gasteiger partial charge in [0.15, 0.2) is 0 Å². The smallest absolute Gasteiger partial charge is 0.213 e. The lowest BCUT2D eigenvalue weighted by atomic mass is 10.2. The average Bonchev–Trinajstić information content (AvgIpc) is 3.02. The number of aromatic nitrogens is 5. The first-order valence-electron chi connectivity index (χ1n) is 7.20. The van der Waals surface area contributed by atoms with Crippen molar-refractivity contribution in [2.24, 2.45) is 0 Å². The van der Waals surface area contributed by atoms with Crippen LogP contribution in [0.1, 0.15) is 23.1 Å². The molecule has 23 heavy (non-hydrogen) atoms. The molecule has 0 saturated carbocycles. The van der Waals surface area contributed by atoms with E-state index >= 15 is 0 Å². The largest absolute Gasteiger partial charge is 0.481 e. The summed E-state index contributed by atoms with van der Waals surface area (Å²) in [6.07, 6.45) is 0.772. The molecule has 0 aliphatic rings. The van der Waals surface area contributed by atoms with Crippen LogP contribution in [0.25, 0.3) is 5.65 Å². The summed E-state index contributed by atoms with van der Waals surface area (Å²) in [7, 11) is 1.54. The zero-order valence-electron chi connectivity index (χ0n) is 13.2. The zero-order valence-corrected chi connectivity index (χ0v) is 13.2. The number of hydrogen-bond donors (Lipinski definition) is 2. The van der Waals surface area contributed by atoms with E-state index in [0.29, 0.717) is 17.2 Å². The molecule has 3 aromatic rings. The second-order valence-electron chi connectivity index (χ2n) is 5.19. The van der Waals surface area contributed by atoms with Gasteiger partial charge in [0.1, 0.15) is 12.4 Å². The minimum Gasteiger partial charge on any atom is -0.481 e. The Bertz CT molecular complexity index is 832. The van der Waals surface area contributed by atoms with Gasteiger partial charge < -0.3 is 15.2 Å². The number of fused-ring (bicyclic) bond motifs is 1. The fraction of sp³-hybridized carbons (Fsp3) is 0.333. The molecule has 0 aromatic carbocycles. The number of methoxy groups -OCH3 is 1. The summed E-state index contributed by atoms with van der Waals surface area (Å²) in [5.41, 5.74) is 3.80. The van der Waals surface area contributed by atoms with Crippen molar-refractivity contribution in [2.45, 2.75) is 20.0 Å². The lowest BCUT2D eigenvalue weighted by molar-refractivity contribution is 0.185. The molecule has 1 unspecified atom stereocenters. The lowest BCUT2D eigenvalue weighted by Crippen LogP contribution is -2.16. The Hall–Kier alpha value is -2.74. The topological polar surface area (TPSA) is 97.5 Å². The highest BCUT2D eigenvalue weighted by Crippen LogP contribution is 2.23. The molecule has 0 aliphatic carbocycles. The van der Waals surface area contributed by atoms with Crippen molar-refractivity contribution in [1.29, 1.82) is 0 Å². The van der Waals surface area contributed by atoms with Crippen molar-refractivity contribution in [1.82, 2.24) is 24.8 Å². The van der Waals surface area contributed by atoms with E-state index in [2.05, 4.69) is 25.6 Å². The van der Waals surface area contributed by atoms with Crippen molar-refractivity contribution >= 4 is 11.3 Å². The van der Waals surface area contributed by atoms with Crippen LogP contribution in [-0.2, 0) is 0 Å². The highest BCUT2D eigenvalue weighted by atomic mass is 16.5. The van der Waals surface area contributed by atoms with Crippen LogP contribution in [0.3, 0.4) is 0 Å². The summed E-state index contributed by atoms with van der Waals surface area (Å²) < 4.78 is 6.69. The molecule has 3 heterocycles. The lowest BCUT2D eigenvalue weighted by Gasteiger charge is -2.15. The van der Waals surface area contributed by atoms with Crippen molar-refractivity contribution in [2.75, 3.05) is 19.0 Å². The monoisotopic (exact) mass is 314 g/mol. The van der Waals surface area contributed by atoms with Gasteiger partial charge in [-0.15, -0.1) is 10.2 Å². The molecule has 1 atom stereocenters. The van der Waals surface area contributed by atoms with Gasteiger partial charge in [-0.2, -0.15) is 9.61 Å². The Morgan fingerprint density at radius 1 is 1.35 bits per heavy atom. The molecular weight excluding hydrogens is 296 g/mol. The quantitative estimate of drug-likeness (QED) is 0.732. The van der Waals surface area contributed by atoms with Crippen LogP contribution in [0.5, 0.6) is 5.88 Å². The minimum absolute atomic E-state index is 0.285. The molecule has 3 aromatic heterocycles. The SMILES string of the molecule is COc1cccc(C(O)CNc2c(C)c(C)nn3cnnc23)n1. The van der Waals surface area contributed by atoms with Gasteiger partial charge >= 0.3 is 0 Å². The predicted molar refractivity (Wildman–Crippen MR) is 84.5 cm³/mol. The first-order valence-corrected chi connectivity index (χ1v) is 7.20. The van der Waals surface area contributed by atoms with Gasteiger partial charge in [-0.1, -0.05) is 6.07 Å². The van der Waals surface area contributed by atoms with E-state index in [-0.39, 0.29) is 6.54 Å². The maximum atomic E-state index is 10.3. The Morgan fingerprint density at radius 2 is 2.17 bits per heavy atom. The van der Waals surface area contributed by atoms with Crippen molar-refractivity contribution in [3.8, 4) is 5.88 Å². The number of hydrogen-bond acceptors (Lipinski definition) is 7. The van der Waals surface area contributed by atoms with Crippen LogP contribution in [0.15, 0.2) is 24.5 Å². The Morgan fingerprint density at radius 3 is 2.96 bits per heavy atom. The number of aliphatic hydroxyl groups is 1. The summed E-state index contributed by atoms with van der Waals surface area (Å²) in [5, 5.41) is 25.9. The molecule has 2 N–H and O–H groups in total. The number of rotatable bonds is 5. The first-order chi connectivity index (χ1) is 11.1. The summed E-state index contributed by atoms with van der Waals surface area (Å²) in [6, 6.07) is 5.29. The van der Waals surface area contributed by atoms with Gasteiger partial charge in [-0.25, -0.2) is 4.98 Å². The number of pyridine rings is 1. The third-order valence-corrected chi connectivity index (χ3v) is 3.70. The molecule has 8 heteroatoms. The molecule has 0 fully saturated rings. The number of nitrogens with one attached hydrogen (secondary N) is 1. The Balaban J connectivity index is 1.82. The van der Waals surface area contributed by atoms with Gasteiger partial charge in [-0.3, -0.25) is 0 Å². The van der Waals surface area contributed by atoms with Gasteiger partial charge in [0.25, 0.3) is 0 Å². The summed E-state index contributed by atoms with van der Waals surface area (Å²) in [4.78, 5) is 4.24. The van der Waals surface area contributed by atoms with E-state index in [9.17, 15) is 5.11 Å². The van der Waals surface area contributed by atoms with E-state index in [1.807, 2.05) is 13.8 Å². The van der Waals surface area contributed by atoms with Crippen LogP contribution >= 0.6 is 0 Å². The van der Waals surface area contributed by atoms with E-state index in [0.717, 1.165) is 16.9 Å². The van der Waals surface area contributed by atoms with Crippen LogP contribution in [-0.4, -0.2) is 43.6 Å². The molecule has 0 spiro atoms. The van der Waals surface area contributed by atoms with Crippen LogP contribution < -0.4 is 10.1 Å². The highest BCUT2D eigenvalue weighted by molar-refractivity contribution is 5.71. The first kappa shape index (κ1) is 15.2. The maximum Gasteiger partial charge on any atom is 0.213 e. The average molecular weight is 314 g/mol. The third-order valence-electron chi connectivity index (χ3n) is 3.70. The number of nitrogens with zero attached hydrogens (tertiary/aromatic N) is 5. The zero-order chi connectivity index (χ0) is 16.4. The van der Waals surface area contributed by atoms with Crippen molar-refractivity contribution in [3.05, 3.63) is 41.5 Å². The molecule has 120 valence electrons. The fourth-order valence-corrected chi connectivity index (χ4v) is 2.30. The van der Waals surface area contributed by atoms with E-state index in [1.165, 1.54) is 0 Å². The van der Waals surface area contributed by atoms with Crippen LogP contribution in [0, 0.1) is 13.8 Å². The van der Waals surface area contributed by atoms with E-state index in [4.69, 9.17) is 4.74 Å². The molecule has 3 rings (SSSR count). The maximum absolute atomic E-state index is 10.3. The standard InChI is InChI=1S/C15H18N6O2/c1-9-10(2)20-21-8-17-19-15(21)14(9)16-7-12(22)11-5-4-6-13(18-11)23-3/h4-6,8,12,16,22H,7H2,1-3H3. The second kappa shape index (κ2) is 6.17. The molecule has 8 nitrogen and oxygen atoms in total. The van der Waals surface area contributed by atoms with E-state index < -0.39 is 6.10 Å². The number of aryl methyl sites for hydroxylation is 1. The molecule has 0 radical (unpaired) electrons. The Kier molecular flexibility index (Phi) is 4.07. The number of ether oxygens (including phenoxy) is 1. The van der Waals surface area contributed by atoms with Gasteiger partial charge in [0.2, 0.25) is 11.5 Å². The van der Waals surface area contributed by atoms with Gasteiger partial charge in [0, 0.05) is 12.6 Å². The molecule has 0 saturated heterocycles. The normalized spacial score (nSPS) is 12.3. The van der Waals surface area contributed by atoms with Crippen LogP contribution in [0.2, 0.25) is 0 Å². The molecule has 0 bridgehead atoms. The second-order valence-corrected chi connectivity index (χ2v) is 5.19. The predicted octanol–water partition coefficient (Wildman–Crippen LogP) is 1.29. The third kappa shape index (κ3) is 2.93. The van der Waals surface area contributed by atoms with Gasteiger partial charge in [0.05, 0.1) is 24.2 Å². The minimum atomic E-state index is -0.777. The number of aliphatic hydroxyl groups excluding tert-OH is 1.